The van der Waals surface area contributed by atoms with Gasteiger partial charge in [0, 0.05) is 5.92 Å². The van der Waals surface area contributed by atoms with Gasteiger partial charge in [0.15, 0.2) is 0 Å². The summed E-state index contributed by atoms with van der Waals surface area (Å²) < 4.78 is 5.69. The number of rotatable bonds is 6. The van der Waals surface area contributed by atoms with Gasteiger partial charge in [-0.2, -0.15) is 0 Å². The molecular weight excluding hydrogens is 236 g/mol. The molecule has 94 valence electrons. The fourth-order valence-electron chi connectivity index (χ4n) is 1.55. The highest BCUT2D eigenvalue weighted by molar-refractivity contribution is 6.63. The van der Waals surface area contributed by atoms with Gasteiger partial charge in [-0.3, -0.25) is 4.79 Å². The van der Waals surface area contributed by atoms with E-state index in [1.54, 1.807) is 0 Å². The Balaban J connectivity index is 2.36. The first-order valence-corrected chi connectivity index (χ1v) is 6.28. The fraction of sp³-hybridized carbons (Fsp3) is 0.500. The molecule has 1 aromatic carbocycles. The average Bonchev–Trinajstić information content (AvgIpc) is 2.28. The zero-order valence-corrected chi connectivity index (χ0v) is 11.4. The molecule has 1 atom stereocenters. The summed E-state index contributed by atoms with van der Waals surface area (Å²) in [6.45, 7) is 6.53. The second-order valence-electron chi connectivity index (χ2n) is 4.46. The monoisotopic (exact) mass is 254 g/mol. The number of carbonyl (C=O) groups is 1. The molecule has 0 amide bonds. The molecule has 17 heavy (non-hydrogen) atoms. The predicted octanol–water partition coefficient (Wildman–Crippen LogP) is 3.86. The maximum absolute atomic E-state index is 10.8. The first-order chi connectivity index (χ1) is 8.00. The standard InChI is InChI=1S/C14H19ClO2/c1-10-6-7-11(2)13(9-10)17-8-4-5-12(3)14(15)16/h6-7,9,12H,4-5,8H2,1-3H3/t12-/m0/s1. The van der Waals surface area contributed by atoms with Crippen molar-refractivity contribution < 1.29 is 9.53 Å². The molecule has 0 unspecified atom stereocenters. The van der Waals surface area contributed by atoms with E-state index in [0.717, 1.165) is 24.2 Å². The third-order valence-electron chi connectivity index (χ3n) is 2.77. The topological polar surface area (TPSA) is 26.3 Å². The van der Waals surface area contributed by atoms with E-state index in [0.29, 0.717) is 6.61 Å². The predicted molar refractivity (Wildman–Crippen MR) is 70.7 cm³/mol. The van der Waals surface area contributed by atoms with Crippen LogP contribution in [-0.2, 0) is 4.79 Å². The summed E-state index contributed by atoms with van der Waals surface area (Å²) in [6, 6.07) is 6.15. The van der Waals surface area contributed by atoms with E-state index >= 15 is 0 Å². The largest absolute Gasteiger partial charge is 0.493 e. The summed E-state index contributed by atoms with van der Waals surface area (Å²) >= 11 is 5.39. The van der Waals surface area contributed by atoms with Crippen LogP contribution >= 0.6 is 11.6 Å². The fourth-order valence-corrected chi connectivity index (χ4v) is 1.66. The van der Waals surface area contributed by atoms with Gasteiger partial charge < -0.3 is 4.74 Å². The summed E-state index contributed by atoms with van der Waals surface area (Å²) in [5.74, 6) is 0.841. The minimum atomic E-state index is -0.267. The van der Waals surface area contributed by atoms with E-state index in [1.807, 2.05) is 26.8 Å². The van der Waals surface area contributed by atoms with Gasteiger partial charge in [-0.15, -0.1) is 0 Å². The molecule has 0 saturated carbocycles. The van der Waals surface area contributed by atoms with Crippen LogP contribution in [0.3, 0.4) is 0 Å². The van der Waals surface area contributed by atoms with Gasteiger partial charge in [0.2, 0.25) is 5.24 Å². The lowest BCUT2D eigenvalue weighted by molar-refractivity contribution is -0.114. The first-order valence-electron chi connectivity index (χ1n) is 5.90. The maximum atomic E-state index is 10.8. The number of aryl methyl sites for hydroxylation is 2. The molecule has 0 saturated heterocycles. The number of carbonyl (C=O) groups excluding carboxylic acids is 1. The highest BCUT2D eigenvalue weighted by Gasteiger charge is 2.09. The lowest BCUT2D eigenvalue weighted by Crippen LogP contribution is -2.07. The Hall–Kier alpha value is -1.02. The van der Waals surface area contributed by atoms with E-state index in [-0.39, 0.29) is 11.2 Å². The summed E-state index contributed by atoms with van der Waals surface area (Å²) in [7, 11) is 0. The molecule has 0 fully saturated rings. The molecule has 0 heterocycles. The Morgan fingerprint density at radius 2 is 2.12 bits per heavy atom. The summed E-state index contributed by atoms with van der Waals surface area (Å²) in [5, 5.41) is -0.267. The number of halogens is 1. The van der Waals surface area contributed by atoms with Crippen molar-refractivity contribution in [3.63, 3.8) is 0 Å². The van der Waals surface area contributed by atoms with Crippen LogP contribution in [0.15, 0.2) is 18.2 Å². The quantitative estimate of drug-likeness (QED) is 0.569. The molecule has 0 aliphatic heterocycles. The lowest BCUT2D eigenvalue weighted by Gasteiger charge is -2.11. The van der Waals surface area contributed by atoms with Crippen molar-refractivity contribution in [2.75, 3.05) is 6.61 Å². The highest BCUT2D eigenvalue weighted by Crippen LogP contribution is 2.19. The van der Waals surface area contributed by atoms with Crippen LogP contribution in [0.4, 0.5) is 0 Å². The second-order valence-corrected chi connectivity index (χ2v) is 4.84. The smallest absolute Gasteiger partial charge is 0.224 e. The SMILES string of the molecule is Cc1ccc(C)c(OCCC[C@H](C)C(=O)Cl)c1. The minimum Gasteiger partial charge on any atom is -0.493 e. The molecular formula is C14H19ClO2. The van der Waals surface area contributed by atoms with Gasteiger partial charge >= 0.3 is 0 Å². The molecule has 0 aliphatic rings. The van der Waals surface area contributed by atoms with E-state index in [2.05, 4.69) is 12.1 Å². The van der Waals surface area contributed by atoms with Gasteiger partial charge in [0.1, 0.15) is 5.75 Å². The van der Waals surface area contributed by atoms with Crippen LogP contribution in [0.25, 0.3) is 0 Å². The van der Waals surface area contributed by atoms with Gasteiger partial charge in [-0.1, -0.05) is 19.1 Å². The average molecular weight is 255 g/mol. The van der Waals surface area contributed by atoms with Gasteiger partial charge in [-0.05, 0) is 55.5 Å². The third-order valence-corrected chi connectivity index (χ3v) is 3.14. The van der Waals surface area contributed by atoms with Crippen molar-refractivity contribution >= 4 is 16.8 Å². The highest BCUT2D eigenvalue weighted by atomic mass is 35.5. The van der Waals surface area contributed by atoms with Crippen molar-refractivity contribution in [2.24, 2.45) is 5.92 Å². The Morgan fingerprint density at radius 1 is 1.41 bits per heavy atom. The van der Waals surface area contributed by atoms with Crippen LogP contribution in [0.1, 0.15) is 30.9 Å². The Morgan fingerprint density at radius 3 is 2.76 bits per heavy atom. The molecule has 1 rings (SSSR count). The molecule has 0 radical (unpaired) electrons. The molecule has 3 heteroatoms. The number of hydrogen-bond acceptors (Lipinski definition) is 2. The lowest BCUT2D eigenvalue weighted by atomic mass is 10.1. The van der Waals surface area contributed by atoms with E-state index in [9.17, 15) is 4.79 Å². The van der Waals surface area contributed by atoms with Crippen molar-refractivity contribution in [1.29, 1.82) is 0 Å². The first kappa shape index (κ1) is 14.0. The Labute approximate surface area is 108 Å². The molecule has 2 nitrogen and oxygen atoms in total. The Kier molecular flexibility index (Phi) is 5.49. The van der Waals surface area contributed by atoms with Crippen molar-refractivity contribution in [3.05, 3.63) is 29.3 Å². The van der Waals surface area contributed by atoms with Crippen LogP contribution in [0, 0.1) is 19.8 Å². The molecule has 0 spiro atoms. The maximum Gasteiger partial charge on any atom is 0.224 e. The van der Waals surface area contributed by atoms with E-state index < -0.39 is 0 Å². The van der Waals surface area contributed by atoms with Crippen LogP contribution < -0.4 is 4.74 Å². The van der Waals surface area contributed by atoms with Crippen LogP contribution in [0.2, 0.25) is 0 Å². The molecule has 0 aromatic heterocycles. The summed E-state index contributed by atoms with van der Waals surface area (Å²) in [6.07, 6.45) is 1.61. The Bertz CT molecular complexity index is 388. The number of hydrogen-bond donors (Lipinski definition) is 0. The molecule has 0 N–H and O–H groups in total. The van der Waals surface area contributed by atoms with Crippen LogP contribution in [0.5, 0.6) is 5.75 Å². The number of benzene rings is 1. The van der Waals surface area contributed by atoms with Crippen molar-refractivity contribution in [1.82, 2.24) is 0 Å². The minimum absolute atomic E-state index is 0.0844. The van der Waals surface area contributed by atoms with E-state index in [1.165, 1.54) is 5.56 Å². The van der Waals surface area contributed by atoms with Gasteiger partial charge in [-0.25, -0.2) is 0 Å². The van der Waals surface area contributed by atoms with Crippen LogP contribution in [-0.4, -0.2) is 11.8 Å². The van der Waals surface area contributed by atoms with Crippen molar-refractivity contribution in [3.8, 4) is 5.75 Å². The van der Waals surface area contributed by atoms with E-state index in [4.69, 9.17) is 16.3 Å². The van der Waals surface area contributed by atoms with Gasteiger partial charge in [0.25, 0.3) is 0 Å². The van der Waals surface area contributed by atoms with Crippen molar-refractivity contribution in [2.45, 2.75) is 33.6 Å². The zero-order chi connectivity index (χ0) is 12.8. The normalized spacial score (nSPS) is 12.2. The van der Waals surface area contributed by atoms with Gasteiger partial charge in [0.05, 0.1) is 6.61 Å². The summed E-state index contributed by atoms with van der Waals surface area (Å²) in [5.41, 5.74) is 2.33. The summed E-state index contributed by atoms with van der Waals surface area (Å²) in [4.78, 5) is 10.8. The third kappa shape index (κ3) is 4.78. The number of ether oxygens (including phenoxy) is 1. The molecule has 1 aromatic rings. The molecule has 0 aliphatic carbocycles. The zero-order valence-electron chi connectivity index (χ0n) is 10.6. The molecule has 0 bridgehead atoms. The second kappa shape index (κ2) is 6.65.